The summed E-state index contributed by atoms with van der Waals surface area (Å²) in [5.74, 6) is 0.0854. The highest BCUT2D eigenvalue weighted by Gasteiger charge is 2.35. The molecule has 0 aliphatic carbocycles. The number of halogens is 3. The van der Waals surface area contributed by atoms with Gasteiger partial charge in [0, 0.05) is 44.2 Å². The van der Waals surface area contributed by atoms with Gasteiger partial charge in [0.2, 0.25) is 5.95 Å². The van der Waals surface area contributed by atoms with Gasteiger partial charge in [-0.1, -0.05) is 0 Å². The van der Waals surface area contributed by atoms with Crippen LogP contribution in [0.3, 0.4) is 0 Å². The van der Waals surface area contributed by atoms with Crippen molar-refractivity contribution >= 4 is 17.7 Å². The number of likely N-dealkylation sites (N-methyl/N-ethyl adjacent to an activating group) is 1. The van der Waals surface area contributed by atoms with Crippen LogP contribution in [0.25, 0.3) is 5.57 Å². The summed E-state index contributed by atoms with van der Waals surface area (Å²) in [5, 5.41) is 0. The van der Waals surface area contributed by atoms with E-state index in [0.717, 1.165) is 25.6 Å². The molecule has 0 bridgehead atoms. The van der Waals surface area contributed by atoms with Crippen molar-refractivity contribution in [2.45, 2.75) is 18.6 Å². The molecule has 0 saturated carbocycles. The highest BCUT2D eigenvalue weighted by Crippen LogP contribution is 2.31. The van der Waals surface area contributed by atoms with Crippen molar-refractivity contribution < 1.29 is 13.2 Å². The number of nitrogens with zero attached hydrogens (tertiary/aromatic N) is 5. The Morgan fingerprint density at radius 2 is 2.04 bits per heavy atom. The first-order valence-corrected chi connectivity index (χ1v) is 7.72. The molecule has 130 valence electrons. The number of likely N-dealkylation sites (tertiary alicyclic amines) is 1. The zero-order valence-corrected chi connectivity index (χ0v) is 13.3. The molecular formula is C15H19F3N6. The smallest absolute Gasteiger partial charge is 0.404 e. The predicted octanol–water partition coefficient (Wildman–Crippen LogP) is 1.39. The topological polar surface area (TPSA) is 70.6 Å². The van der Waals surface area contributed by atoms with Gasteiger partial charge in [-0.2, -0.15) is 13.2 Å². The fourth-order valence-electron chi connectivity index (χ4n) is 2.53. The molecule has 1 aromatic heterocycles. The third-order valence-corrected chi connectivity index (χ3v) is 4.09. The Bertz CT molecular complexity index is 660. The van der Waals surface area contributed by atoms with Gasteiger partial charge in [0.05, 0.1) is 11.7 Å². The van der Waals surface area contributed by atoms with Crippen molar-refractivity contribution in [3.63, 3.8) is 0 Å². The van der Waals surface area contributed by atoms with E-state index >= 15 is 0 Å². The van der Waals surface area contributed by atoms with Gasteiger partial charge in [-0.3, -0.25) is 4.99 Å². The Labute approximate surface area is 137 Å². The first-order chi connectivity index (χ1) is 11.4. The predicted molar refractivity (Wildman–Crippen MR) is 85.8 cm³/mol. The lowest BCUT2D eigenvalue weighted by Gasteiger charge is -2.33. The second-order valence-electron chi connectivity index (χ2n) is 6.05. The number of hydrogen-bond acceptors (Lipinski definition) is 6. The summed E-state index contributed by atoms with van der Waals surface area (Å²) < 4.78 is 39.4. The molecule has 2 fully saturated rings. The van der Waals surface area contributed by atoms with Crippen molar-refractivity contribution in [1.82, 2.24) is 14.9 Å². The monoisotopic (exact) mass is 340 g/mol. The first kappa shape index (κ1) is 16.7. The largest absolute Gasteiger partial charge is 0.433 e. The number of rotatable bonds is 4. The Kier molecular flexibility index (Phi) is 4.44. The molecule has 0 aromatic carbocycles. The van der Waals surface area contributed by atoms with Gasteiger partial charge >= 0.3 is 6.18 Å². The number of aliphatic imine (C=N–C) groups is 1. The molecule has 0 radical (unpaired) electrons. The van der Waals surface area contributed by atoms with E-state index in [1.165, 1.54) is 12.4 Å². The lowest BCUT2D eigenvalue weighted by atomic mass is 10.1. The van der Waals surface area contributed by atoms with E-state index in [1.807, 2.05) is 7.05 Å². The zero-order valence-electron chi connectivity index (χ0n) is 13.3. The van der Waals surface area contributed by atoms with Crippen molar-refractivity contribution in [2.75, 3.05) is 38.1 Å². The molecule has 0 atom stereocenters. The number of anilines is 1. The molecule has 0 unspecified atom stereocenters. The van der Waals surface area contributed by atoms with E-state index in [2.05, 4.69) is 19.9 Å². The summed E-state index contributed by atoms with van der Waals surface area (Å²) in [6.07, 6.45) is -0.885. The number of hydrogen-bond donors (Lipinski definition) is 1. The average molecular weight is 340 g/mol. The van der Waals surface area contributed by atoms with Crippen LogP contribution in [-0.4, -0.2) is 60.4 Å². The van der Waals surface area contributed by atoms with Crippen LogP contribution >= 0.6 is 0 Å². The van der Waals surface area contributed by atoms with Gasteiger partial charge < -0.3 is 15.5 Å². The van der Waals surface area contributed by atoms with Gasteiger partial charge in [0.1, 0.15) is 0 Å². The fourth-order valence-corrected chi connectivity index (χ4v) is 2.53. The van der Waals surface area contributed by atoms with Crippen LogP contribution in [0.1, 0.15) is 17.8 Å². The highest BCUT2D eigenvalue weighted by atomic mass is 19.4. The first-order valence-electron chi connectivity index (χ1n) is 7.72. The molecule has 6 nitrogen and oxygen atoms in total. The Balaban J connectivity index is 1.89. The van der Waals surface area contributed by atoms with Crippen LogP contribution in [0.15, 0.2) is 17.3 Å². The molecular weight excluding hydrogens is 321 g/mol. The normalized spacial score (nSPS) is 20.3. The van der Waals surface area contributed by atoms with Gasteiger partial charge in [-0.05, 0) is 19.5 Å². The minimum absolute atomic E-state index is 0.0854. The third-order valence-electron chi connectivity index (χ3n) is 4.09. The molecule has 24 heavy (non-hydrogen) atoms. The van der Waals surface area contributed by atoms with Crippen LogP contribution in [0.4, 0.5) is 19.1 Å². The summed E-state index contributed by atoms with van der Waals surface area (Å²) in [4.78, 5) is 16.1. The lowest BCUT2D eigenvalue weighted by Crippen LogP contribution is -2.46. The minimum atomic E-state index is -4.54. The molecule has 2 saturated heterocycles. The molecule has 3 rings (SSSR count). The van der Waals surface area contributed by atoms with E-state index in [1.54, 1.807) is 4.90 Å². The standard InChI is InChI=1S/C15H19F3N6/c1-23-8-11(9-23)20-7-10(6-19)12-5-13(15(16,17)18)22-14(21-12)24-3-2-4-24/h5-7,11H,2-4,8-9,19H2,1H3/b10-6+,20-7?. The van der Waals surface area contributed by atoms with Gasteiger partial charge in [-0.25, -0.2) is 9.97 Å². The van der Waals surface area contributed by atoms with E-state index in [-0.39, 0.29) is 17.7 Å². The second kappa shape index (κ2) is 6.39. The number of nitrogens with two attached hydrogens (primary N) is 1. The molecule has 0 spiro atoms. The molecule has 2 N–H and O–H groups in total. The minimum Gasteiger partial charge on any atom is -0.404 e. The van der Waals surface area contributed by atoms with Crippen molar-refractivity contribution in [2.24, 2.45) is 10.7 Å². The lowest BCUT2D eigenvalue weighted by molar-refractivity contribution is -0.141. The van der Waals surface area contributed by atoms with E-state index < -0.39 is 11.9 Å². The molecule has 1 aromatic rings. The van der Waals surface area contributed by atoms with Gasteiger partial charge in [-0.15, -0.1) is 0 Å². The molecule has 2 aliphatic rings. The van der Waals surface area contributed by atoms with Crippen molar-refractivity contribution in [1.29, 1.82) is 0 Å². The molecule has 2 aliphatic heterocycles. The molecule has 0 amide bonds. The summed E-state index contributed by atoms with van der Waals surface area (Å²) in [6, 6.07) is 1.06. The Morgan fingerprint density at radius 3 is 2.54 bits per heavy atom. The maximum absolute atomic E-state index is 13.1. The van der Waals surface area contributed by atoms with Crippen LogP contribution < -0.4 is 10.6 Å². The SMILES string of the molecule is CN1CC(N=C/C(=C\N)c2cc(C(F)(F)F)nc(N3CCC3)n2)C1. The number of alkyl halides is 3. The van der Waals surface area contributed by atoms with Gasteiger partial charge in [0.15, 0.2) is 5.69 Å². The van der Waals surface area contributed by atoms with E-state index in [4.69, 9.17) is 5.73 Å². The summed E-state index contributed by atoms with van der Waals surface area (Å²) in [5.41, 5.74) is 5.12. The summed E-state index contributed by atoms with van der Waals surface area (Å²) in [6.45, 7) is 2.96. The summed E-state index contributed by atoms with van der Waals surface area (Å²) in [7, 11) is 1.98. The van der Waals surface area contributed by atoms with Gasteiger partial charge in [0.25, 0.3) is 0 Å². The second-order valence-corrected chi connectivity index (χ2v) is 6.05. The highest BCUT2D eigenvalue weighted by molar-refractivity contribution is 6.09. The van der Waals surface area contributed by atoms with Crippen LogP contribution in [0, 0.1) is 0 Å². The fraction of sp³-hybridized carbons (Fsp3) is 0.533. The molecule has 3 heterocycles. The maximum Gasteiger partial charge on any atom is 0.433 e. The number of aromatic nitrogens is 2. The van der Waals surface area contributed by atoms with Crippen LogP contribution in [-0.2, 0) is 6.18 Å². The third kappa shape index (κ3) is 3.50. The van der Waals surface area contributed by atoms with Crippen molar-refractivity contribution in [3.8, 4) is 0 Å². The maximum atomic E-state index is 13.1. The van der Waals surface area contributed by atoms with Crippen molar-refractivity contribution in [3.05, 3.63) is 23.7 Å². The summed E-state index contributed by atoms with van der Waals surface area (Å²) >= 11 is 0. The zero-order chi connectivity index (χ0) is 17.3. The molecule has 9 heteroatoms. The number of allylic oxidation sites excluding steroid dienone is 1. The van der Waals surface area contributed by atoms with E-state index in [9.17, 15) is 13.2 Å². The van der Waals surface area contributed by atoms with Crippen LogP contribution in [0.5, 0.6) is 0 Å². The Morgan fingerprint density at radius 1 is 1.33 bits per heavy atom. The Hall–Kier alpha value is -2.16. The van der Waals surface area contributed by atoms with E-state index in [0.29, 0.717) is 18.7 Å². The average Bonchev–Trinajstić information content (AvgIpc) is 2.43. The quantitative estimate of drug-likeness (QED) is 0.839. The van der Waals surface area contributed by atoms with Crippen LogP contribution in [0.2, 0.25) is 0 Å².